The van der Waals surface area contributed by atoms with Gasteiger partial charge in [-0.05, 0) is 52.3 Å². The highest BCUT2D eigenvalue weighted by atomic mass is 79.9. The first-order valence-electron chi connectivity index (χ1n) is 5.66. The summed E-state index contributed by atoms with van der Waals surface area (Å²) >= 11 is 6.30. The highest BCUT2D eigenvalue weighted by Crippen LogP contribution is 2.33. The topological polar surface area (TPSA) is 43.1 Å². The van der Waals surface area contributed by atoms with Crippen LogP contribution in [0.15, 0.2) is 45.3 Å². The van der Waals surface area contributed by atoms with Crippen LogP contribution in [-0.4, -0.2) is 5.78 Å². The van der Waals surface area contributed by atoms with Gasteiger partial charge in [-0.2, -0.15) is 13.2 Å². The highest BCUT2D eigenvalue weighted by molar-refractivity contribution is 9.11. The summed E-state index contributed by atoms with van der Waals surface area (Å²) in [6.45, 7) is 0. The molecule has 0 fully saturated rings. The first kappa shape index (κ1) is 16.0. The molecular formula is C14H8Br2F3NO. The van der Waals surface area contributed by atoms with E-state index in [1.54, 1.807) is 0 Å². The number of rotatable bonds is 2. The average molecular weight is 423 g/mol. The molecule has 0 aliphatic carbocycles. The summed E-state index contributed by atoms with van der Waals surface area (Å²) in [5.74, 6) is -0.528. The fourth-order valence-electron chi connectivity index (χ4n) is 1.74. The summed E-state index contributed by atoms with van der Waals surface area (Å²) in [6.07, 6.45) is -4.51. The summed E-state index contributed by atoms with van der Waals surface area (Å²) in [5.41, 5.74) is 5.33. The minimum absolute atomic E-state index is 0.0599. The van der Waals surface area contributed by atoms with Gasteiger partial charge in [0.25, 0.3) is 0 Å². The van der Waals surface area contributed by atoms with Crippen molar-refractivity contribution in [1.82, 2.24) is 0 Å². The zero-order chi connectivity index (χ0) is 15.8. The monoisotopic (exact) mass is 421 g/mol. The first-order valence-corrected chi connectivity index (χ1v) is 7.25. The number of hydrogen-bond acceptors (Lipinski definition) is 2. The second-order valence-corrected chi connectivity index (χ2v) is 5.97. The molecule has 110 valence electrons. The van der Waals surface area contributed by atoms with Crippen LogP contribution in [0.4, 0.5) is 18.9 Å². The lowest BCUT2D eigenvalue weighted by atomic mass is 10.0. The van der Waals surface area contributed by atoms with Gasteiger partial charge < -0.3 is 5.73 Å². The van der Waals surface area contributed by atoms with Crippen molar-refractivity contribution in [3.8, 4) is 0 Å². The second-order valence-electron chi connectivity index (χ2n) is 4.26. The Morgan fingerprint density at radius 3 is 2.19 bits per heavy atom. The fourth-order valence-corrected chi connectivity index (χ4v) is 2.74. The molecule has 0 radical (unpaired) electrons. The molecule has 2 aromatic rings. The molecule has 0 spiro atoms. The number of alkyl halides is 3. The molecule has 7 heteroatoms. The number of carbonyl (C=O) groups is 1. The van der Waals surface area contributed by atoms with Gasteiger partial charge in [0.2, 0.25) is 0 Å². The predicted octanol–water partition coefficient (Wildman–Crippen LogP) is 5.04. The number of ketones is 1. The minimum atomic E-state index is -4.51. The molecule has 0 aromatic heterocycles. The molecule has 2 rings (SSSR count). The molecule has 21 heavy (non-hydrogen) atoms. The number of halogens is 5. The summed E-state index contributed by atoms with van der Waals surface area (Å²) < 4.78 is 39.0. The third-order valence-electron chi connectivity index (χ3n) is 2.78. The van der Waals surface area contributed by atoms with Crippen LogP contribution in [0, 0.1) is 0 Å². The zero-order valence-corrected chi connectivity index (χ0v) is 13.5. The van der Waals surface area contributed by atoms with Crippen LogP contribution >= 0.6 is 31.9 Å². The van der Waals surface area contributed by atoms with Crippen molar-refractivity contribution in [2.75, 3.05) is 5.73 Å². The van der Waals surface area contributed by atoms with Crippen molar-refractivity contribution in [3.05, 3.63) is 62.0 Å². The molecule has 2 aromatic carbocycles. The molecule has 0 bridgehead atoms. The van der Waals surface area contributed by atoms with E-state index in [4.69, 9.17) is 5.73 Å². The van der Waals surface area contributed by atoms with Crippen LogP contribution in [-0.2, 0) is 6.18 Å². The maximum atomic E-state index is 12.7. The van der Waals surface area contributed by atoms with Crippen molar-refractivity contribution < 1.29 is 18.0 Å². The SMILES string of the molecule is Nc1ccc(C(=O)c2cc(C(F)(F)F)ccc2Br)c(Br)c1. The molecule has 0 aliphatic rings. The van der Waals surface area contributed by atoms with Gasteiger partial charge in [-0.3, -0.25) is 4.79 Å². The minimum Gasteiger partial charge on any atom is -0.399 e. The number of nitrogen functional groups attached to an aromatic ring is 1. The molecule has 0 atom stereocenters. The van der Waals surface area contributed by atoms with Crippen molar-refractivity contribution in [1.29, 1.82) is 0 Å². The number of hydrogen-bond donors (Lipinski definition) is 1. The normalized spacial score (nSPS) is 11.5. The van der Waals surface area contributed by atoms with E-state index < -0.39 is 17.5 Å². The van der Waals surface area contributed by atoms with E-state index in [0.29, 0.717) is 14.6 Å². The molecule has 0 heterocycles. The lowest BCUT2D eigenvalue weighted by Crippen LogP contribution is -2.09. The third kappa shape index (κ3) is 3.47. The molecule has 2 nitrogen and oxygen atoms in total. The Balaban J connectivity index is 2.53. The Kier molecular flexibility index (Phi) is 4.43. The molecule has 2 N–H and O–H groups in total. The molecule has 0 unspecified atom stereocenters. The Hall–Kier alpha value is -1.34. The maximum Gasteiger partial charge on any atom is 0.416 e. The smallest absolute Gasteiger partial charge is 0.399 e. The zero-order valence-electron chi connectivity index (χ0n) is 10.3. The van der Waals surface area contributed by atoms with Gasteiger partial charge in [0.05, 0.1) is 5.56 Å². The Morgan fingerprint density at radius 1 is 0.952 bits per heavy atom. The predicted molar refractivity (Wildman–Crippen MR) is 81.1 cm³/mol. The summed E-state index contributed by atoms with van der Waals surface area (Å²) in [4.78, 5) is 12.4. The Labute approximate surface area is 135 Å². The molecule has 0 saturated carbocycles. The van der Waals surface area contributed by atoms with Gasteiger partial charge in [-0.15, -0.1) is 0 Å². The van der Waals surface area contributed by atoms with Crippen LogP contribution in [0.5, 0.6) is 0 Å². The van der Waals surface area contributed by atoms with E-state index in [1.807, 2.05) is 0 Å². The number of benzene rings is 2. The molecule has 0 saturated heterocycles. The van der Waals surface area contributed by atoms with E-state index in [2.05, 4.69) is 31.9 Å². The number of carbonyl (C=O) groups excluding carboxylic acids is 1. The van der Waals surface area contributed by atoms with Gasteiger partial charge >= 0.3 is 6.18 Å². The quantitative estimate of drug-likeness (QED) is 0.544. The molecular weight excluding hydrogens is 415 g/mol. The highest BCUT2D eigenvalue weighted by Gasteiger charge is 2.31. The van der Waals surface area contributed by atoms with Crippen LogP contribution in [0.1, 0.15) is 21.5 Å². The summed E-state index contributed by atoms with van der Waals surface area (Å²) in [7, 11) is 0. The van der Waals surface area contributed by atoms with Gasteiger partial charge in [0.15, 0.2) is 5.78 Å². The lowest BCUT2D eigenvalue weighted by Gasteiger charge is -2.11. The largest absolute Gasteiger partial charge is 0.416 e. The van der Waals surface area contributed by atoms with Gasteiger partial charge in [-0.1, -0.05) is 15.9 Å². The number of anilines is 1. The first-order chi connectivity index (χ1) is 9.70. The molecule has 0 aliphatic heterocycles. The van der Waals surface area contributed by atoms with Crippen LogP contribution in [0.25, 0.3) is 0 Å². The van der Waals surface area contributed by atoms with Crippen molar-refractivity contribution in [2.24, 2.45) is 0 Å². The second kappa shape index (κ2) is 5.81. The maximum absolute atomic E-state index is 12.7. The summed E-state index contributed by atoms with van der Waals surface area (Å²) in [5, 5.41) is 0. The van der Waals surface area contributed by atoms with E-state index in [0.717, 1.165) is 12.1 Å². The van der Waals surface area contributed by atoms with Crippen molar-refractivity contribution >= 4 is 43.3 Å². The molecule has 0 amide bonds. The lowest BCUT2D eigenvalue weighted by molar-refractivity contribution is -0.137. The van der Waals surface area contributed by atoms with Crippen LogP contribution < -0.4 is 5.73 Å². The van der Waals surface area contributed by atoms with Crippen molar-refractivity contribution in [3.63, 3.8) is 0 Å². The summed E-state index contributed by atoms with van der Waals surface area (Å²) in [6, 6.07) is 7.46. The van der Waals surface area contributed by atoms with Gasteiger partial charge in [0.1, 0.15) is 0 Å². The average Bonchev–Trinajstić information content (AvgIpc) is 2.37. The van der Waals surface area contributed by atoms with E-state index in [9.17, 15) is 18.0 Å². The number of nitrogens with two attached hydrogens (primary N) is 1. The standard InChI is InChI=1S/C14H8Br2F3NO/c15-11-4-1-7(14(17,18)19)5-10(11)13(21)9-3-2-8(20)6-12(9)16/h1-6H,20H2. The van der Waals surface area contributed by atoms with Crippen LogP contribution in [0.3, 0.4) is 0 Å². The van der Waals surface area contributed by atoms with E-state index in [1.165, 1.54) is 24.3 Å². The Morgan fingerprint density at radius 2 is 1.62 bits per heavy atom. The Bertz CT molecular complexity index is 714. The van der Waals surface area contributed by atoms with Gasteiger partial charge in [0, 0.05) is 25.8 Å². The third-order valence-corrected chi connectivity index (χ3v) is 4.12. The van der Waals surface area contributed by atoms with Crippen molar-refractivity contribution in [2.45, 2.75) is 6.18 Å². The fraction of sp³-hybridized carbons (Fsp3) is 0.0714. The van der Waals surface area contributed by atoms with Crippen LogP contribution in [0.2, 0.25) is 0 Å². The van der Waals surface area contributed by atoms with Gasteiger partial charge in [-0.25, -0.2) is 0 Å². The van der Waals surface area contributed by atoms with E-state index in [-0.39, 0.29) is 11.1 Å². The van der Waals surface area contributed by atoms with E-state index >= 15 is 0 Å².